The van der Waals surface area contributed by atoms with E-state index in [1.807, 2.05) is 41.2 Å². The van der Waals surface area contributed by atoms with Gasteiger partial charge in [-0.3, -0.25) is 9.78 Å². The average molecular weight is 543 g/mol. The van der Waals surface area contributed by atoms with Gasteiger partial charge in [0.1, 0.15) is 0 Å². The Bertz CT molecular complexity index is 1490. The fraction of sp³-hybridized carbons (Fsp3) is 0.357. The number of carboxylic acid groups (broad SMARTS) is 1. The molecule has 2 atom stereocenters. The SMILES string of the molecule is O=C(Nc1ccc(-c2cnn(-c3cccc(-c4ccnn4C4CCCCO4)n3)c2)nc1)[C@H]1CCCN(C(=O)O)C1. The fourth-order valence-corrected chi connectivity index (χ4v) is 5.18. The quantitative estimate of drug-likeness (QED) is 0.369. The zero-order chi connectivity index (χ0) is 27.5. The van der Waals surface area contributed by atoms with Gasteiger partial charge in [0.25, 0.3) is 0 Å². The maximum absolute atomic E-state index is 12.7. The number of ether oxygens (including phenoxy) is 1. The van der Waals surface area contributed by atoms with Gasteiger partial charge in [0.2, 0.25) is 5.91 Å². The van der Waals surface area contributed by atoms with E-state index in [9.17, 15) is 14.7 Å². The molecule has 2 N–H and O–H groups in total. The zero-order valence-corrected chi connectivity index (χ0v) is 21.9. The van der Waals surface area contributed by atoms with Crippen molar-refractivity contribution in [1.82, 2.24) is 34.4 Å². The molecule has 4 aromatic heterocycles. The predicted octanol–water partition coefficient (Wildman–Crippen LogP) is 4.22. The Kier molecular flexibility index (Phi) is 7.23. The number of rotatable bonds is 6. The molecule has 6 rings (SSSR count). The van der Waals surface area contributed by atoms with Crippen LogP contribution in [0.25, 0.3) is 28.5 Å². The summed E-state index contributed by atoms with van der Waals surface area (Å²) < 4.78 is 9.53. The lowest BCUT2D eigenvalue weighted by Gasteiger charge is -2.29. The maximum Gasteiger partial charge on any atom is 0.407 e. The van der Waals surface area contributed by atoms with Gasteiger partial charge in [-0.05, 0) is 62.4 Å². The predicted molar refractivity (Wildman–Crippen MR) is 146 cm³/mol. The van der Waals surface area contributed by atoms with Crippen LogP contribution in [0.1, 0.15) is 38.3 Å². The molecular weight excluding hydrogens is 512 g/mol. The lowest BCUT2D eigenvalue weighted by atomic mass is 9.97. The molecule has 0 radical (unpaired) electrons. The number of pyridine rings is 2. The Balaban J connectivity index is 1.14. The summed E-state index contributed by atoms with van der Waals surface area (Å²) >= 11 is 0. The van der Waals surface area contributed by atoms with E-state index in [0.717, 1.165) is 42.8 Å². The third-order valence-corrected chi connectivity index (χ3v) is 7.30. The van der Waals surface area contributed by atoms with Gasteiger partial charge in [-0.25, -0.2) is 19.1 Å². The van der Waals surface area contributed by atoms with Crippen molar-refractivity contribution in [2.75, 3.05) is 25.0 Å². The molecule has 0 bridgehead atoms. The van der Waals surface area contributed by atoms with E-state index in [1.54, 1.807) is 29.3 Å². The van der Waals surface area contributed by atoms with E-state index >= 15 is 0 Å². The largest absolute Gasteiger partial charge is 0.465 e. The number of carbonyl (C=O) groups excluding carboxylic acids is 1. The summed E-state index contributed by atoms with van der Waals surface area (Å²) in [5, 5.41) is 21.1. The molecule has 12 heteroatoms. The van der Waals surface area contributed by atoms with Crippen molar-refractivity contribution in [3.05, 3.63) is 61.2 Å². The normalized spacial score (nSPS) is 19.4. The molecular formula is C28H30N8O4. The molecule has 2 aliphatic rings. The molecule has 0 spiro atoms. The van der Waals surface area contributed by atoms with Gasteiger partial charge < -0.3 is 20.1 Å². The molecule has 40 heavy (non-hydrogen) atoms. The first-order chi connectivity index (χ1) is 19.5. The summed E-state index contributed by atoms with van der Waals surface area (Å²) in [6, 6.07) is 11.3. The van der Waals surface area contributed by atoms with Crippen LogP contribution >= 0.6 is 0 Å². The molecule has 6 heterocycles. The number of likely N-dealkylation sites (tertiary alicyclic amines) is 1. The summed E-state index contributed by atoms with van der Waals surface area (Å²) in [6.45, 7) is 1.40. The number of aromatic nitrogens is 6. The molecule has 206 valence electrons. The maximum atomic E-state index is 12.7. The summed E-state index contributed by atoms with van der Waals surface area (Å²) in [6.07, 6.45) is 10.3. The summed E-state index contributed by atoms with van der Waals surface area (Å²) in [5.41, 5.74) is 3.73. The van der Waals surface area contributed by atoms with Gasteiger partial charge in [-0.15, -0.1) is 0 Å². The first-order valence-electron chi connectivity index (χ1n) is 13.5. The van der Waals surface area contributed by atoms with Crippen LogP contribution in [0.15, 0.2) is 61.2 Å². The first-order valence-corrected chi connectivity index (χ1v) is 13.5. The van der Waals surface area contributed by atoms with Gasteiger partial charge in [0.05, 0.1) is 41.1 Å². The van der Waals surface area contributed by atoms with E-state index in [2.05, 4.69) is 20.5 Å². The zero-order valence-electron chi connectivity index (χ0n) is 21.9. The van der Waals surface area contributed by atoms with Crippen molar-refractivity contribution in [3.63, 3.8) is 0 Å². The van der Waals surface area contributed by atoms with Crippen molar-refractivity contribution in [1.29, 1.82) is 0 Å². The third-order valence-electron chi connectivity index (χ3n) is 7.30. The second-order valence-corrected chi connectivity index (χ2v) is 10.0. The molecule has 2 aliphatic heterocycles. The monoisotopic (exact) mass is 542 g/mol. The average Bonchev–Trinajstić information content (AvgIpc) is 3.69. The van der Waals surface area contributed by atoms with Crippen molar-refractivity contribution < 1.29 is 19.4 Å². The number of hydrogen-bond donors (Lipinski definition) is 2. The molecule has 2 saturated heterocycles. The van der Waals surface area contributed by atoms with Crippen LogP contribution in [0.4, 0.5) is 10.5 Å². The molecule has 0 aliphatic carbocycles. The highest BCUT2D eigenvalue weighted by Gasteiger charge is 2.28. The Morgan fingerprint density at radius 2 is 1.93 bits per heavy atom. The Morgan fingerprint density at radius 3 is 2.73 bits per heavy atom. The number of piperidine rings is 1. The Labute approximate surface area is 230 Å². The van der Waals surface area contributed by atoms with Crippen LogP contribution in [0.5, 0.6) is 0 Å². The molecule has 2 fully saturated rings. The van der Waals surface area contributed by atoms with Crippen LogP contribution in [-0.4, -0.2) is 71.2 Å². The molecule has 2 amide bonds. The molecule has 12 nitrogen and oxygen atoms in total. The number of hydrogen-bond acceptors (Lipinski definition) is 7. The minimum absolute atomic E-state index is 0.0820. The fourth-order valence-electron chi connectivity index (χ4n) is 5.18. The summed E-state index contributed by atoms with van der Waals surface area (Å²) in [7, 11) is 0. The second-order valence-electron chi connectivity index (χ2n) is 10.0. The van der Waals surface area contributed by atoms with E-state index < -0.39 is 6.09 Å². The molecule has 0 aromatic carbocycles. The van der Waals surface area contributed by atoms with E-state index in [4.69, 9.17) is 9.72 Å². The highest BCUT2D eigenvalue weighted by atomic mass is 16.5. The highest BCUT2D eigenvalue weighted by molar-refractivity contribution is 5.93. The minimum atomic E-state index is -0.994. The number of carbonyl (C=O) groups is 2. The van der Waals surface area contributed by atoms with Crippen LogP contribution in [0.3, 0.4) is 0 Å². The van der Waals surface area contributed by atoms with Crippen molar-refractivity contribution in [2.45, 2.75) is 38.3 Å². The van der Waals surface area contributed by atoms with Crippen LogP contribution in [-0.2, 0) is 9.53 Å². The highest BCUT2D eigenvalue weighted by Crippen LogP contribution is 2.28. The standard InChI is InChI=1S/C28H30N8O4/c37-27(19-5-4-13-34(17-19)28(38)39)32-21-9-10-22(29-16-21)20-15-31-35(18-20)25-7-3-6-23(33-25)24-11-12-30-36(24)26-8-1-2-14-40-26/h3,6-7,9-12,15-16,18-19,26H,1-2,4-5,8,13-14,17H2,(H,32,37)(H,38,39)/t19-,26?/m0/s1. The number of anilines is 1. The second kappa shape index (κ2) is 11.3. The molecule has 4 aromatic rings. The van der Waals surface area contributed by atoms with Gasteiger partial charge in [-0.1, -0.05) is 6.07 Å². The Morgan fingerprint density at radius 1 is 1.00 bits per heavy atom. The summed E-state index contributed by atoms with van der Waals surface area (Å²) in [5.74, 6) is 0.0864. The first kappa shape index (κ1) is 25.7. The van der Waals surface area contributed by atoms with Gasteiger partial charge in [0.15, 0.2) is 12.0 Å². The van der Waals surface area contributed by atoms with Crippen molar-refractivity contribution >= 4 is 17.7 Å². The van der Waals surface area contributed by atoms with E-state index in [-0.39, 0.29) is 24.6 Å². The van der Waals surface area contributed by atoms with Gasteiger partial charge in [0, 0.05) is 37.7 Å². The third kappa shape index (κ3) is 5.43. The Hall–Kier alpha value is -4.58. The lowest BCUT2D eigenvalue weighted by Crippen LogP contribution is -2.43. The van der Waals surface area contributed by atoms with Crippen LogP contribution in [0, 0.1) is 5.92 Å². The van der Waals surface area contributed by atoms with Crippen LogP contribution < -0.4 is 5.32 Å². The number of amides is 2. The molecule has 0 saturated carbocycles. The number of nitrogens with one attached hydrogen (secondary N) is 1. The van der Waals surface area contributed by atoms with Crippen molar-refractivity contribution in [3.8, 4) is 28.5 Å². The minimum Gasteiger partial charge on any atom is -0.465 e. The summed E-state index contributed by atoms with van der Waals surface area (Å²) in [4.78, 5) is 34.6. The van der Waals surface area contributed by atoms with E-state index in [1.165, 1.54) is 4.90 Å². The smallest absolute Gasteiger partial charge is 0.407 e. The molecule has 1 unspecified atom stereocenters. The van der Waals surface area contributed by atoms with Gasteiger partial charge in [-0.2, -0.15) is 10.2 Å². The van der Waals surface area contributed by atoms with Gasteiger partial charge >= 0.3 is 6.09 Å². The van der Waals surface area contributed by atoms with Crippen LogP contribution in [0.2, 0.25) is 0 Å². The topological polar surface area (TPSA) is 140 Å². The van der Waals surface area contributed by atoms with Crippen molar-refractivity contribution in [2.24, 2.45) is 5.92 Å². The van der Waals surface area contributed by atoms with E-state index in [0.29, 0.717) is 36.6 Å². The number of nitrogens with zero attached hydrogens (tertiary/aromatic N) is 7. The lowest BCUT2D eigenvalue weighted by molar-refractivity contribution is -0.121.